The fourth-order valence-corrected chi connectivity index (χ4v) is 3.03. The van der Waals surface area contributed by atoms with Gasteiger partial charge in [0.15, 0.2) is 0 Å². The average molecular weight is 294 g/mol. The van der Waals surface area contributed by atoms with Gasteiger partial charge in [0.25, 0.3) is 0 Å². The van der Waals surface area contributed by atoms with Gasteiger partial charge in [-0.2, -0.15) is 11.8 Å². The van der Waals surface area contributed by atoms with Crippen molar-refractivity contribution < 1.29 is 9.90 Å². The minimum atomic E-state index is -0.993. The predicted octanol–water partition coefficient (Wildman–Crippen LogP) is 2.73. The number of benzene rings is 1. The summed E-state index contributed by atoms with van der Waals surface area (Å²) in [5, 5.41) is 8.97. The lowest BCUT2D eigenvalue weighted by Crippen LogP contribution is -2.20. The molecule has 2 N–H and O–H groups in total. The summed E-state index contributed by atoms with van der Waals surface area (Å²) in [6.07, 6.45) is 0.909. The van der Waals surface area contributed by atoms with Crippen molar-refractivity contribution in [3.63, 3.8) is 0 Å². The number of imidazole rings is 1. The average Bonchev–Trinajstić information content (AvgIpc) is 2.73. The first-order valence-electron chi connectivity index (χ1n) is 6.60. The number of fused-ring (bicyclic) bond motifs is 1. The van der Waals surface area contributed by atoms with Gasteiger partial charge in [-0.3, -0.25) is 4.57 Å². The Morgan fingerprint density at radius 2 is 2.25 bits per heavy atom. The molecule has 1 heterocycles. The van der Waals surface area contributed by atoms with E-state index in [-0.39, 0.29) is 17.3 Å². The Kier molecular flexibility index (Phi) is 4.54. The van der Waals surface area contributed by atoms with Crippen LogP contribution >= 0.6 is 11.8 Å². The van der Waals surface area contributed by atoms with E-state index in [0.717, 1.165) is 23.4 Å². The number of hydrogen-bond donors (Lipinski definition) is 2. The van der Waals surface area contributed by atoms with Gasteiger partial charge < -0.3 is 10.1 Å². The van der Waals surface area contributed by atoms with Crippen LogP contribution in [0, 0.1) is 0 Å². The van der Waals surface area contributed by atoms with Crippen LogP contribution in [0.1, 0.15) is 36.7 Å². The molecule has 1 unspecified atom stereocenters. The molecule has 0 aliphatic rings. The molecule has 108 valence electrons. The molecule has 0 radical (unpaired) electrons. The summed E-state index contributed by atoms with van der Waals surface area (Å²) >= 11 is 1.85. The lowest BCUT2D eigenvalue weighted by atomic mass is 10.2. The van der Waals surface area contributed by atoms with E-state index in [4.69, 9.17) is 5.11 Å². The standard InChI is InChI=1S/C14H18N2O3S/c1-3-20-7-6-9(2)16-12-5-4-10(13(17)18)8-11(12)15-14(16)19/h4-5,8-9H,3,6-7H2,1-2H3,(H,15,19)(H,17,18). The van der Waals surface area contributed by atoms with E-state index in [1.54, 1.807) is 10.6 Å². The molecule has 2 aromatic rings. The summed E-state index contributed by atoms with van der Waals surface area (Å²) in [5.74, 6) is 1.08. The smallest absolute Gasteiger partial charge is 0.335 e. The fourth-order valence-electron chi connectivity index (χ4n) is 2.23. The lowest BCUT2D eigenvalue weighted by Gasteiger charge is -2.13. The molecule has 0 spiro atoms. The summed E-state index contributed by atoms with van der Waals surface area (Å²) < 4.78 is 1.71. The van der Waals surface area contributed by atoms with E-state index in [9.17, 15) is 9.59 Å². The zero-order chi connectivity index (χ0) is 14.7. The van der Waals surface area contributed by atoms with E-state index in [1.165, 1.54) is 12.1 Å². The van der Waals surface area contributed by atoms with Crippen molar-refractivity contribution in [1.29, 1.82) is 0 Å². The van der Waals surface area contributed by atoms with Gasteiger partial charge in [0, 0.05) is 6.04 Å². The number of nitrogens with one attached hydrogen (secondary N) is 1. The van der Waals surface area contributed by atoms with Crippen LogP contribution in [0.2, 0.25) is 0 Å². The van der Waals surface area contributed by atoms with Gasteiger partial charge in [-0.15, -0.1) is 0 Å². The van der Waals surface area contributed by atoms with E-state index in [2.05, 4.69) is 11.9 Å². The Labute approximate surface area is 121 Å². The van der Waals surface area contributed by atoms with Crippen molar-refractivity contribution in [2.75, 3.05) is 11.5 Å². The summed E-state index contributed by atoms with van der Waals surface area (Å²) in [4.78, 5) is 25.7. The molecule has 0 aliphatic carbocycles. The van der Waals surface area contributed by atoms with Crippen LogP contribution in [-0.4, -0.2) is 32.1 Å². The van der Waals surface area contributed by atoms with E-state index in [0.29, 0.717) is 5.52 Å². The quantitative estimate of drug-likeness (QED) is 0.803. The second-order valence-corrected chi connectivity index (χ2v) is 6.07. The van der Waals surface area contributed by atoms with Crippen LogP contribution in [0.4, 0.5) is 0 Å². The Bertz CT molecular complexity index is 675. The van der Waals surface area contributed by atoms with Gasteiger partial charge in [0.2, 0.25) is 0 Å². The Morgan fingerprint density at radius 3 is 2.90 bits per heavy atom. The van der Waals surface area contributed by atoms with Crippen LogP contribution in [0.3, 0.4) is 0 Å². The molecule has 0 fully saturated rings. The third-order valence-electron chi connectivity index (χ3n) is 3.29. The minimum Gasteiger partial charge on any atom is -0.478 e. The SMILES string of the molecule is CCSCCC(C)n1c(=O)[nH]c2cc(C(=O)O)ccc21. The normalized spacial score (nSPS) is 12.7. The van der Waals surface area contributed by atoms with Gasteiger partial charge in [-0.05, 0) is 43.0 Å². The zero-order valence-corrected chi connectivity index (χ0v) is 12.4. The highest BCUT2D eigenvalue weighted by Crippen LogP contribution is 2.20. The molecule has 0 bridgehead atoms. The van der Waals surface area contributed by atoms with Crippen molar-refractivity contribution in [3.8, 4) is 0 Å². The summed E-state index contributed by atoms with van der Waals surface area (Å²) in [7, 11) is 0. The molecule has 6 heteroatoms. The van der Waals surface area contributed by atoms with Crippen molar-refractivity contribution in [2.24, 2.45) is 0 Å². The first-order valence-corrected chi connectivity index (χ1v) is 7.75. The van der Waals surface area contributed by atoms with Crippen molar-refractivity contribution in [3.05, 3.63) is 34.2 Å². The van der Waals surface area contributed by atoms with E-state index in [1.807, 2.05) is 18.7 Å². The summed E-state index contributed by atoms with van der Waals surface area (Å²) in [5.41, 5.74) is 1.33. The van der Waals surface area contributed by atoms with Crippen LogP contribution in [0.15, 0.2) is 23.0 Å². The lowest BCUT2D eigenvalue weighted by molar-refractivity contribution is 0.0697. The highest BCUT2D eigenvalue weighted by molar-refractivity contribution is 7.99. The van der Waals surface area contributed by atoms with Crippen molar-refractivity contribution in [2.45, 2.75) is 26.3 Å². The molecule has 0 saturated heterocycles. The monoisotopic (exact) mass is 294 g/mol. The van der Waals surface area contributed by atoms with E-state index >= 15 is 0 Å². The molecular weight excluding hydrogens is 276 g/mol. The number of aromatic nitrogens is 2. The van der Waals surface area contributed by atoms with Gasteiger partial charge >= 0.3 is 11.7 Å². The third-order valence-corrected chi connectivity index (χ3v) is 4.22. The molecule has 1 atom stereocenters. The molecule has 20 heavy (non-hydrogen) atoms. The Morgan fingerprint density at radius 1 is 1.50 bits per heavy atom. The van der Waals surface area contributed by atoms with Gasteiger partial charge in [-0.1, -0.05) is 6.92 Å². The summed E-state index contributed by atoms with van der Waals surface area (Å²) in [6, 6.07) is 4.82. The minimum absolute atomic E-state index is 0.0889. The molecular formula is C14H18N2O3S. The highest BCUT2D eigenvalue weighted by atomic mass is 32.2. The van der Waals surface area contributed by atoms with Crippen molar-refractivity contribution in [1.82, 2.24) is 9.55 Å². The van der Waals surface area contributed by atoms with Crippen LogP contribution in [0.5, 0.6) is 0 Å². The molecule has 0 saturated carbocycles. The van der Waals surface area contributed by atoms with Crippen molar-refractivity contribution >= 4 is 28.8 Å². The predicted molar refractivity (Wildman–Crippen MR) is 81.8 cm³/mol. The fraction of sp³-hybridized carbons (Fsp3) is 0.429. The topological polar surface area (TPSA) is 75.1 Å². The number of thioether (sulfide) groups is 1. The first kappa shape index (κ1) is 14.7. The third kappa shape index (κ3) is 2.90. The molecule has 1 aromatic carbocycles. The second kappa shape index (κ2) is 6.17. The van der Waals surface area contributed by atoms with Crippen LogP contribution in [0.25, 0.3) is 11.0 Å². The van der Waals surface area contributed by atoms with Gasteiger partial charge in [0.05, 0.1) is 16.6 Å². The Balaban J connectivity index is 2.36. The highest BCUT2D eigenvalue weighted by Gasteiger charge is 2.14. The number of hydrogen-bond acceptors (Lipinski definition) is 3. The van der Waals surface area contributed by atoms with E-state index < -0.39 is 5.97 Å². The molecule has 2 rings (SSSR count). The first-order chi connectivity index (χ1) is 9.54. The molecule has 0 aliphatic heterocycles. The largest absolute Gasteiger partial charge is 0.478 e. The Hall–Kier alpha value is -1.69. The summed E-state index contributed by atoms with van der Waals surface area (Å²) in [6.45, 7) is 4.12. The maximum absolute atomic E-state index is 12.0. The number of carboxylic acid groups (broad SMARTS) is 1. The van der Waals surface area contributed by atoms with Gasteiger partial charge in [0.1, 0.15) is 0 Å². The maximum atomic E-state index is 12.0. The second-order valence-electron chi connectivity index (χ2n) is 4.67. The maximum Gasteiger partial charge on any atom is 0.335 e. The number of aromatic amines is 1. The molecule has 5 nitrogen and oxygen atoms in total. The van der Waals surface area contributed by atoms with Crippen LogP contribution in [-0.2, 0) is 0 Å². The van der Waals surface area contributed by atoms with Gasteiger partial charge in [-0.25, -0.2) is 9.59 Å². The number of carboxylic acids is 1. The number of rotatable bonds is 6. The molecule has 0 amide bonds. The molecule has 1 aromatic heterocycles. The number of aromatic carboxylic acids is 1. The zero-order valence-electron chi connectivity index (χ0n) is 11.5. The number of carbonyl (C=O) groups is 1. The van der Waals surface area contributed by atoms with Crippen LogP contribution < -0.4 is 5.69 Å². The number of nitrogens with zero attached hydrogens (tertiary/aromatic N) is 1. The number of H-pyrrole nitrogens is 1.